The van der Waals surface area contributed by atoms with Crippen LogP contribution in [0.3, 0.4) is 0 Å². The molecule has 0 saturated heterocycles. The molecule has 2 aromatic heterocycles. The van der Waals surface area contributed by atoms with Gasteiger partial charge in [0.2, 0.25) is 12.1 Å². The lowest BCUT2D eigenvalue weighted by Gasteiger charge is -2.17. The second-order valence-corrected chi connectivity index (χ2v) is 11.1. The number of nitrogens with zero attached hydrogens (tertiary/aromatic N) is 4. The third kappa shape index (κ3) is 6.42. The number of aromatic nitrogens is 4. The van der Waals surface area contributed by atoms with E-state index in [0.29, 0.717) is 11.2 Å². The number of halogens is 1. The summed E-state index contributed by atoms with van der Waals surface area (Å²) in [6.45, 7) is 0.256. The van der Waals surface area contributed by atoms with E-state index in [1.54, 1.807) is 6.92 Å². The molecule has 4 N–H and O–H groups in total. The smallest absolute Gasteiger partial charge is 0.435 e. The van der Waals surface area contributed by atoms with Crippen molar-refractivity contribution in [2.75, 3.05) is 31.7 Å². The third-order valence-corrected chi connectivity index (χ3v) is 7.56. The zero-order chi connectivity index (χ0) is 27.4. The van der Waals surface area contributed by atoms with Crippen molar-refractivity contribution in [1.82, 2.24) is 19.7 Å². The first-order valence-electron chi connectivity index (χ1n) is 12.0. The Kier molecular flexibility index (Phi) is 9.19. The summed E-state index contributed by atoms with van der Waals surface area (Å²) >= 11 is 6.14. The van der Waals surface area contributed by atoms with E-state index >= 15 is 0 Å². The van der Waals surface area contributed by atoms with Crippen molar-refractivity contribution in [3.05, 3.63) is 11.5 Å². The van der Waals surface area contributed by atoms with Gasteiger partial charge in [-0.25, -0.2) is 9.48 Å². The van der Waals surface area contributed by atoms with Gasteiger partial charge in [-0.2, -0.15) is 15.1 Å². The third-order valence-electron chi connectivity index (χ3n) is 6.37. The van der Waals surface area contributed by atoms with Gasteiger partial charge >= 0.3 is 13.8 Å². The Labute approximate surface area is 221 Å². The van der Waals surface area contributed by atoms with Gasteiger partial charge in [0, 0.05) is 6.04 Å². The van der Waals surface area contributed by atoms with Gasteiger partial charge in [0.15, 0.2) is 11.4 Å². The molecular weight excluding hydrogens is 549 g/mol. The van der Waals surface area contributed by atoms with E-state index in [9.17, 15) is 29.3 Å². The van der Waals surface area contributed by atoms with Gasteiger partial charge in [-0.15, -0.1) is 0 Å². The van der Waals surface area contributed by atoms with E-state index in [4.69, 9.17) is 16.3 Å². The summed E-state index contributed by atoms with van der Waals surface area (Å²) in [6.07, 6.45) is 0.569. The van der Waals surface area contributed by atoms with Gasteiger partial charge in [-0.3, -0.25) is 13.9 Å². The number of fused-ring (bicyclic) bond motifs is 1. The Morgan fingerprint density at radius 2 is 1.97 bits per heavy atom. The quantitative estimate of drug-likeness (QED) is 0.130. The highest BCUT2D eigenvalue weighted by atomic mass is 35.5. The molecule has 0 aromatic carbocycles. The summed E-state index contributed by atoms with van der Waals surface area (Å²) in [4.78, 5) is 42.6. The van der Waals surface area contributed by atoms with Crippen molar-refractivity contribution in [3.8, 4) is 0 Å². The summed E-state index contributed by atoms with van der Waals surface area (Å²) < 4.78 is 32.0. The zero-order valence-electron chi connectivity index (χ0n) is 20.4. The largest absolute Gasteiger partial charge is 0.510 e. The molecule has 1 unspecified atom stereocenters. The van der Waals surface area contributed by atoms with Crippen LogP contribution in [0.25, 0.3) is 11.0 Å². The maximum atomic E-state index is 13.2. The van der Waals surface area contributed by atoms with Crippen LogP contribution in [-0.4, -0.2) is 91.4 Å². The fourth-order valence-corrected chi connectivity index (χ4v) is 5.34. The van der Waals surface area contributed by atoms with Crippen molar-refractivity contribution in [3.63, 3.8) is 0 Å². The standard InChI is InChI=1S/C21H29ClN5O10P/c1-2-35-21(31)36-9-37-38(32,33)10-34-8-13-15(28)14(17(30)16(13)29)27-19-12(7-23-27)18(25-20(22)26-19)24-11-5-3-4-6-11/h7,11,13-14,16-17,29-30H,2-6,8-10H2,1H3,(H,32,33)(H,24,25,26)/t13-,14-,16-,17+/m0/s1. The second kappa shape index (κ2) is 12.2. The number of carbonyl (C=O) groups is 2. The lowest BCUT2D eigenvalue weighted by atomic mass is 10.1. The number of ether oxygens (including phenoxy) is 3. The molecule has 38 heavy (non-hydrogen) atoms. The molecule has 2 fully saturated rings. The molecule has 0 radical (unpaired) electrons. The molecule has 0 bridgehead atoms. The molecule has 0 aliphatic heterocycles. The predicted octanol–water partition coefficient (Wildman–Crippen LogP) is 1.60. The summed E-state index contributed by atoms with van der Waals surface area (Å²) in [5, 5.41) is 29.2. The summed E-state index contributed by atoms with van der Waals surface area (Å²) in [5.74, 6) is -1.39. The molecule has 2 heterocycles. The number of rotatable bonds is 11. The normalized spacial score (nSPS) is 25.6. The highest BCUT2D eigenvalue weighted by Crippen LogP contribution is 2.42. The van der Waals surface area contributed by atoms with E-state index in [1.807, 2.05) is 0 Å². The van der Waals surface area contributed by atoms with Gasteiger partial charge in [0.05, 0.1) is 36.8 Å². The number of nitrogens with one attached hydrogen (secondary N) is 1. The van der Waals surface area contributed by atoms with Crippen LogP contribution >= 0.6 is 19.2 Å². The Morgan fingerprint density at radius 1 is 1.24 bits per heavy atom. The lowest BCUT2D eigenvalue weighted by Crippen LogP contribution is -2.31. The number of Topliss-reactive ketones (excluding diaryl/α,β-unsaturated/α-hetero) is 1. The summed E-state index contributed by atoms with van der Waals surface area (Å²) in [6, 6.07) is -1.09. The van der Waals surface area contributed by atoms with E-state index in [-0.39, 0.29) is 23.6 Å². The molecule has 2 aliphatic carbocycles. The van der Waals surface area contributed by atoms with Crippen LogP contribution in [0.15, 0.2) is 6.20 Å². The van der Waals surface area contributed by atoms with Crippen molar-refractivity contribution in [2.24, 2.45) is 5.92 Å². The fraction of sp³-hybridized carbons (Fsp3) is 0.667. The maximum Gasteiger partial charge on any atom is 0.510 e. The second-order valence-electron chi connectivity index (χ2n) is 8.94. The first-order valence-corrected chi connectivity index (χ1v) is 14.2. The van der Waals surface area contributed by atoms with Crippen LogP contribution in [0.4, 0.5) is 10.6 Å². The predicted molar refractivity (Wildman–Crippen MR) is 130 cm³/mol. The van der Waals surface area contributed by atoms with Crippen LogP contribution in [0.2, 0.25) is 5.28 Å². The number of carbonyl (C=O) groups excluding carboxylic acids is 2. The summed E-state index contributed by atoms with van der Waals surface area (Å²) in [5.41, 5.74) is 0.200. The average molecular weight is 578 g/mol. The molecule has 17 heteroatoms. The zero-order valence-corrected chi connectivity index (χ0v) is 22.1. The Balaban J connectivity index is 1.41. The topological polar surface area (TPSA) is 204 Å². The van der Waals surface area contributed by atoms with Gasteiger partial charge < -0.3 is 34.6 Å². The van der Waals surface area contributed by atoms with E-state index in [1.165, 1.54) is 10.9 Å². The lowest BCUT2D eigenvalue weighted by molar-refractivity contribution is -0.126. The molecule has 2 aromatic rings. The number of aliphatic hydroxyl groups excluding tert-OH is 2. The highest BCUT2D eigenvalue weighted by molar-refractivity contribution is 7.52. The first-order chi connectivity index (χ1) is 18.1. The number of anilines is 1. The van der Waals surface area contributed by atoms with Crippen LogP contribution in [0.5, 0.6) is 0 Å². The SMILES string of the molecule is CCOC(=O)OCOP(=O)(O)COC[C@H]1C(=O)[C@H](n2ncc3c(NC4CCCC4)nc(Cl)nc32)[C@@H](O)[C@H]1O. The van der Waals surface area contributed by atoms with Crippen molar-refractivity contribution in [2.45, 2.75) is 56.9 Å². The minimum Gasteiger partial charge on any atom is -0.435 e. The molecule has 4 rings (SSSR count). The van der Waals surface area contributed by atoms with Crippen molar-refractivity contribution in [1.29, 1.82) is 0 Å². The number of ketones is 1. The number of aliphatic hydroxyl groups is 2. The van der Waals surface area contributed by atoms with Crippen molar-refractivity contribution >= 4 is 48.0 Å². The Bertz CT molecular complexity index is 1210. The first kappa shape index (κ1) is 28.6. The van der Waals surface area contributed by atoms with Gasteiger partial charge in [0.25, 0.3) is 0 Å². The fourth-order valence-electron chi connectivity index (χ4n) is 4.55. The van der Waals surface area contributed by atoms with Crippen LogP contribution in [-0.2, 0) is 28.1 Å². The molecule has 0 spiro atoms. The summed E-state index contributed by atoms with van der Waals surface area (Å²) in [7, 11) is -4.37. The molecule has 0 amide bonds. The maximum absolute atomic E-state index is 13.2. The molecule has 5 atom stereocenters. The number of hydrogen-bond donors (Lipinski definition) is 4. The molecule has 2 saturated carbocycles. The average Bonchev–Trinajstić information content (AvgIpc) is 3.56. The molecule has 210 valence electrons. The number of hydrogen-bond acceptors (Lipinski definition) is 13. The van der Waals surface area contributed by atoms with E-state index in [2.05, 4.69) is 34.4 Å². The van der Waals surface area contributed by atoms with Crippen LogP contribution in [0, 0.1) is 5.92 Å². The minimum absolute atomic E-state index is 0.0517. The molecule has 15 nitrogen and oxygen atoms in total. The van der Waals surface area contributed by atoms with E-state index < -0.39 is 63.4 Å². The van der Waals surface area contributed by atoms with Gasteiger partial charge in [-0.05, 0) is 31.4 Å². The van der Waals surface area contributed by atoms with Crippen LogP contribution < -0.4 is 5.32 Å². The minimum atomic E-state index is -4.37. The molecule has 2 aliphatic rings. The van der Waals surface area contributed by atoms with Gasteiger partial charge in [0.1, 0.15) is 24.3 Å². The van der Waals surface area contributed by atoms with Crippen molar-refractivity contribution < 1.29 is 48.0 Å². The van der Waals surface area contributed by atoms with Gasteiger partial charge in [-0.1, -0.05) is 12.8 Å². The monoisotopic (exact) mass is 577 g/mol. The highest BCUT2D eigenvalue weighted by Gasteiger charge is 2.51. The van der Waals surface area contributed by atoms with Crippen LogP contribution in [0.1, 0.15) is 38.6 Å². The Morgan fingerprint density at radius 3 is 2.68 bits per heavy atom. The molecular formula is C21H29ClN5O10P. The Hall–Kier alpha value is -2.39. The van der Waals surface area contributed by atoms with E-state index in [0.717, 1.165) is 25.7 Å².